The lowest BCUT2D eigenvalue weighted by atomic mass is 9.95. The van der Waals surface area contributed by atoms with E-state index >= 15 is 0 Å². The van der Waals surface area contributed by atoms with E-state index < -0.39 is 0 Å². The molecule has 0 saturated carbocycles. The molecule has 0 aliphatic rings. The molecule has 3 N–H and O–H groups in total. The fourth-order valence-electron chi connectivity index (χ4n) is 3.04. The van der Waals surface area contributed by atoms with Gasteiger partial charge in [-0.1, -0.05) is 11.6 Å². The standard InChI is InChI=1S/C22H17ClO5/c23-19-9-17(7-15-5-13(11-24)1-3-20(15)26)22(28)18(10-19)8-16-6-14(12-25)2-4-21(16)27/h1-6,9-12,26-28H,7-8H2. The zero-order valence-electron chi connectivity index (χ0n) is 14.7. The lowest BCUT2D eigenvalue weighted by Gasteiger charge is -2.13. The van der Waals surface area contributed by atoms with Crippen molar-refractivity contribution in [3.05, 3.63) is 86.9 Å². The predicted octanol–water partition coefficient (Wildman–Crippen LogP) is 4.26. The number of phenols is 3. The van der Waals surface area contributed by atoms with Crippen LogP contribution in [0.4, 0.5) is 0 Å². The summed E-state index contributed by atoms with van der Waals surface area (Å²) < 4.78 is 0. The molecule has 3 rings (SSSR count). The maximum atomic E-state index is 11.0. The lowest BCUT2D eigenvalue weighted by molar-refractivity contribution is 0.111. The maximum absolute atomic E-state index is 11.0. The third kappa shape index (κ3) is 4.15. The Morgan fingerprint density at radius 2 is 1.11 bits per heavy atom. The van der Waals surface area contributed by atoms with Crippen LogP contribution in [0.3, 0.4) is 0 Å². The van der Waals surface area contributed by atoms with Gasteiger partial charge in [0.25, 0.3) is 0 Å². The highest BCUT2D eigenvalue weighted by atomic mass is 35.5. The molecule has 0 amide bonds. The first-order valence-corrected chi connectivity index (χ1v) is 8.83. The SMILES string of the molecule is O=Cc1ccc(O)c(Cc2cc(Cl)cc(Cc3cc(C=O)ccc3O)c2O)c1. The van der Waals surface area contributed by atoms with Crippen LogP contribution >= 0.6 is 11.6 Å². The van der Waals surface area contributed by atoms with Gasteiger partial charge in [-0.15, -0.1) is 0 Å². The molecular formula is C22H17ClO5. The van der Waals surface area contributed by atoms with Crippen LogP contribution in [-0.2, 0) is 12.8 Å². The van der Waals surface area contributed by atoms with Crippen LogP contribution < -0.4 is 0 Å². The Bertz CT molecular complexity index is 978. The molecule has 28 heavy (non-hydrogen) atoms. The fourth-order valence-corrected chi connectivity index (χ4v) is 3.30. The molecule has 0 aliphatic heterocycles. The molecule has 6 heteroatoms. The van der Waals surface area contributed by atoms with Gasteiger partial charge in [0.1, 0.15) is 29.8 Å². The quantitative estimate of drug-likeness (QED) is 0.541. The Balaban J connectivity index is 1.99. The number of carbonyl (C=O) groups is 2. The summed E-state index contributed by atoms with van der Waals surface area (Å²) >= 11 is 6.20. The van der Waals surface area contributed by atoms with Crippen molar-refractivity contribution in [2.24, 2.45) is 0 Å². The maximum Gasteiger partial charge on any atom is 0.150 e. The number of halogens is 1. The van der Waals surface area contributed by atoms with Crippen molar-refractivity contribution in [2.45, 2.75) is 12.8 Å². The minimum atomic E-state index is -0.0313. The molecule has 0 unspecified atom stereocenters. The first kappa shape index (κ1) is 19.5. The second-order valence-corrected chi connectivity index (χ2v) is 6.87. The molecule has 0 spiro atoms. The van der Waals surface area contributed by atoms with Crippen LogP contribution in [0.1, 0.15) is 43.0 Å². The van der Waals surface area contributed by atoms with Crippen LogP contribution in [0, 0.1) is 0 Å². The number of aldehydes is 2. The van der Waals surface area contributed by atoms with Gasteiger partial charge in [-0.3, -0.25) is 9.59 Å². The first-order chi connectivity index (χ1) is 13.4. The van der Waals surface area contributed by atoms with Crippen molar-refractivity contribution >= 4 is 24.2 Å². The molecule has 142 valence electrons. The Kier molecular flexibility index (Phi) is 5.66. The highest BCUT2D eigenvalue weighted by Crippen LogP contribution is 2.34. The first-order valence-electron chi connectivity index (χ1n) is 8.45. The van der Waals surface area contributed by atoms with Gasteiger partial charge in [0.15, 0.2) is 0 Å². The Hall–Kier alpha value is -3.31. The summed E-state index contributed by atoms with van der Waals surface area (Å²) in [5.41, 5.74) is 2.69. The average Bonchev–Trinajstić information content (AvgIpc) is 2.68. The molecule has 0 aliphatic carbocycles. The summed E-state index contributed by atoms with van der Waals surface area (Å²) in [6.07, 6.45) is 1.67. The second-order valence-electron chi connectivity index (χ2n) is 6.44. The summed E-state index contributed by atoms with van der Waals surface area (Å²) in [6, 6.07) is 12.1. The molecule has 0 heterocycles. The minimum absolute atomic E-state index is 0.00264. The van der Waals surface area contributed by atoms with Crippen molar-refractivity contribution in [3.63, 3.8) is 0 Å². The van der Waals surface area contributed by atoms with Gasteiger partial charge >= 0.3 is 0 Å². The summed E-state index contributed by atoms with van der Waals surface area (Å²) in [5, 5.41) is 31.2. The zero-order valence-corrected chi connectivity index (χ0v) is 15.5. The van der Waals surface area contributed by atoms with E-state index in [1.807, 2.05) is 0 Å². The molecule has 0 atom stereocenters. The normalized spacial score (nSPS) is 10.6. The van der Waals surface area contributed by atoms with Gasteiger partial charge in [-0.25, -0.2) is 0 Å². The number of carbonyl (C=O) groups excluding carboxylic acids is 2. The van der Waals surface area contributed by atoms with Crippen LogP contribution in [0.15, 0.2) is 48.5 Å². The van der Waals surface area contributed by atoms with Gasteiger partial charge in [0.2, 0.25) is 0 Å². The summed E-state index contributed by atoms with van der Waals surface area (Å²) in [6.45, 7) is 0. The molecule has 0 bridgehead atoms. The van der Waals surface area contributed by atoms with E-state index in [1.54, 1.807) is 24.3 Å². The minimum Gasteiger partial charge on any atom is -0.508 e. The molecule has 3 aromatic rings. The summed E-state index contributed by atoms with van der Waals surface area (Å²) in [7, 11) is 0. The molecule has 0 radical (unpaired) electrons. The van der Waals surface area contributed by atoms with Crippen LogP contribution in [-0.4, -0.2) is 27.9 Å². The molecule has 5 nitrogen and oxygen atoms in total. The van der Waals surface area contributed by atoms with E-state index in [4.69, 9.17) is 11.6 Å². The Labute approximate surface area is 166 Å². The topological polar surface area (TPSA) is 94.8 Å². The third-order valence-electron chi connectivity index (χ3n) is 4.47. The van der Waals surface area contributed by atoms with E-state index in [0.29, 0.717) is 51.0 Å². The summed E-state index contributed by atoms with van der Waals surface area (Å²) in [4.78, 5) is 22.0. The number of aromatic hydroxyl groups is 3. The van der Waals surface area contributed by atoms with Gasteiger partial charge < -0.3 is 15.3 Å². The molecule has 0 aromatic heterocycles. The Morgan fingerprint density at radius 1 is 0.679 bits per heavy atom. The number of rotatable bonds is 6. The van der Waals surface area contributed by atoms with E-state index in [2.05, 4.69) is 0 Å². The molecular weight excluding hydrogens is 380 g/mol. The number of hydrogen-bond acceptors (Lipinski definition) is 5. The Morgan fingerprint density at radius 3 is 1.50 bits per heavy atom. The van der Waals surface area contributed by atoms with E-state index in [-0.39, 0.29) is 30.1 Å². The van der Waals surface area contributed by atoms with Crippen molar-refractivity contribution in [2.75, 3.05) is 0 Å². The van der Waals surface area contributed by atoms with E-state index in [1.165, 1.54) is 24.3 Å². The second kappa shape index (κ2) is 8.15. The van der Waals surface area contributed by atoms with Crippen molar-refractivity contribution in [3.8, 4) is 17.2 Å². The largest absolute Gasteiger partial charge is 0.508 e. The number of benzene rings is 3. The van der Waals surface area contributed by atoms with E-state index in [0.717, 1.165) is 0 Å². The van der Waals surface area contributed by atoms with Crippen LogP contribution in [0.5, 0.6) is 17.2 Å². The number of hydrogen-bond donors (Lipinski definition) is 3. The summed E-state index contributed by atoms with van der Waals surface area (Å²) in [5.74, 6) is -0.0260. The van der Waals surface area contributed by atoms with Gasteiger partial charge in [-0.2, -0.15) is 0 Å². The van der Waals surface area contributed by atoms with Crippen molar-refractivity contribution in [1.82, 2.24) is 0 Å². The van der Waals surface area contributed by atoms with Gasteiger partial charge in [0, 0.05) is 40.1 Å². The monoisotopic (exact) mass is 396 g/mol. The highest BCUT2D eigenvalue weighted by molar-refractivity contribution is 6.30. The van der Waals surface area contributed by atoms with Crippen LogP contribution in [0.2, 0.25) is 5.02 Å². The zero-order chi connectivity index (χ0) is 20.3. The molecule has 0 saturated heterocycles. The average molecular weight is 397 g/mol. The predicted molar refractivity (Wildman–Crippen MR) is 106 cm³/mol. The van der Waals surface area contributed by atoms with Gasteiger partial charge in [0.05, 0.1) is 0 Å². The molecule has 3 aromatic carbocycles. The fraction of sp³-hybridized carbons (Fsp3) is 0.0909. The highest BCUT2D eigenvalue weighted by Gasteiger charge is 2.15. The lowest BCUT2D eigenvalue weighted by Crippen LogP contribution is -1.97. The smallest absolute Gasteiger partial charge is 0.150 e. The third-order valence-corrected chi connectivity index (χ3v) is 4.69. The van der Waals surface area contributed by atoms with Crippen molar-refractivity contribution < 1.29 is 24.9 Å². The molecule has 0 fully saturated rings. The number of phenolic OH excluding ortho intramolecular Hbond substituents is 3. The van der Waals surface area contributed by atoms with Gasteiger partial charge in [-0.05, 0) is 59.7 Å². The van der Waals surface area contributed by atoms with E-state index in [9.17, 15) is 24.9 Å². The van der Waals surface area contributed by atoms with Crippen molar-refractivity contribution in [1.29, 1.82) is 0 Å². The van der Waals surface area contributed by atoms with Crippen LogP contribution in [0.25, 0.3) is 0 Å².